The summed E-state index contributed by atoms with van der Waals surface area (Å²) in [6.07, 6.45) is 5.98. The molecule has 3 heteroatoms. The highest BCUT2D eigenvalue weighted by molar-refractivity contribution is 5.78. The SMILES string of the molecule is CCCCCCn1c(C(N)CC)nc2cc(C)c(C)cc21. The molecule has 0 amide bonds. The molecule has 0 fully saturated rings. The zero-order chi connectivity index (χ0) is 15.4. The maximum Gasteiger partial charge on any atom is 0.126 e. The topological polar surface area (TPSA) is 43.8 Å². The Morgan fingerprint density at radius 1 is 1.10 bits per heavy atom. The molecule has 0 aliphatic rings. The molecule has 0 saturated carbocycles. The van der Waals surface area contributed by atoms with Crippen molar-refractivity contribution >= 4 is 11.0 Å². The van der Waals surface area contributed by atoms with Crippen molar-refractivity contribution in [1.82, 2.24) is 9.55 Å². The van der Waals surface area contributed by atoms with E-state index in [1.807, 2.05) is 0 Å². The molecule has 1 aromatic carbocycles. The van der Waals surface area contributed by atoms with E-state index in [1.165, 1.54) is 42.3 Å². The summed E-state index contributed by atoms with van der Waals surface area (Å²) in [5.41, 5.74) is 11.2. The molecule has 1 aromatic heterocycles. The lowest BCUT2D eigenvalue weighted by Gasteiger charge is -2.13. The van der Waals surface area contributed by atoms with Crippen LogP contribution < -0.4 is 5.73 Å². The van der Waals surface area contributed by atoms with Gasteiger partial charge >= 0.3 is 0 Å². The average molecular weight is 287 g/mol. The molecule has 2 N–H and O–H groups in total. The molecule has 0 aliphatic heterocycles. The first-order valence-electron chi connectivity index (χ1n) is 8.31. The third kappa shape index (κ3) is 3.46. The van der Waals surface area contributed by atoms with Crippen LogP contribution in [0.4, 0.5) is 0 Å². The maximum absolute atomic E-state index is 6.28. The second-order valence-electron chi connectivity index (χ2n) is 6.12. The minimum absolute atomic E-state index is 0.0317. The van der Waals surface area contributed by atoms with Gasteiger partial charge in [-0.1, -0.05) is 33.1 Å². The van der Waals surface area contributed by atoms with Crippen molar-refractivity contribution in [3.63, 3.8) is 0 Å². The fraction of sp³-hybridized carbons (Fsp3) is 0.611. The van der Waals surface area contributed by atoms with E-state index in [2.05, 4.69) is 44.4 Å². The number of aromatic nitrogens is 2. The van der Waals surface area contributed by atoms with E-state index in [-0.39, 0.29) is 6.04 Å². The molecule has 21 heavy (non-hydrogen) atoms. The molecule has 1 heterocycles. The highest BCUT2D eigenvalue weighted by Crippen LogP contribution is 2.25. The number of rotatable bonds is 7. The molecule has 0 radical (unpaired) electrons. The number of fused-ring (bicyclic) bond motifs is 1. The predicted molar refractivity (Wildman–Crippen MR) is 90.6 cm³/mol. The molecule has 1 unspecified atom stereocenters. The summed E-state index contributed by atoms with van der Waals surface area (Å²) in [5.74, 6) is 1.05. The molecule has 2 rings (SSSR count). The van der Waals surface area contributed by atoms with E-state index < -0.39 is 0 Å². The van der Waals surface area contributed by atoms with Crippen LogP contribution in [0.5, 0.6) is 0 Å². The third-order valence-corrected chi connectivity index (χ3v) is 4.40. The van der Waals surface area contributed by atoms with Gasteiger partial charge in [-0.15, -0.1) is 0 Å². The van der Waals surface area contributed by atoms with E-state index in [9.17, 15) is 0 Å². The Balaban J connectivity index is 2.39. The van der Waals surface area contributed by atoms with Crippen LogP contribution in [0.1, 0.15) is 68.9 Å². The third-order valence-electron chi connectivity index (χ3n) is 4.40. The van der Waals surface area contributed by atoms with Crippen molar-refractivity contribution in [2.24, 2.45) is 5.73 Å². The number of imidazole rings is 1. The van der Waals surface area contributed by atoms with Gasteiger partial charge < -0.3 is 10.3 Å². The normalized spacial score (nSPS) is 13.0. The summed E-state index contributed by atoms with van der Waals surface area (Å²) < 4.78 is 2.35. The summed E-state index contributed by atoms with van der Waals surface area (Å²) >= 11 is 0. The fourth-order valence-corrected chi connectivity index (χ4v) is 2.80. The van der Waals surface area contributed by atoms with E-state index in [0.29, 0.717) is 0 Å². The van der Waals surface area contributed by atoms with Crippen molar-refractivity contribution in [3.05, 3.63) is 29.1 Å². The lowest BCUT2D eigenvalue weighted by molar-refractivity contribution is 0.541. The minimum Gasteiger partial charge on any atom is -0.327 e. The summed E-state index contributed by atoms with van der Waals surface area (Å²) in [6.45, 7) is 9.72. The van der Waals surface area contributed by atoms with Crippen LogP contribution in [-0.4, -0.2) is 9.55 Å². The number of nitrogens with zero attached hydrogens (tertiary/aromatic N) is 2. The van der Waals surface area contributed by atoms with Gasteiger partial charge in [0.25, 0.3) is 0 Å². The Bertz CT molecular complexity index is 598. The van der Waals surface area contributed by atoms with Crippen molar-refractivity contribution in [2.45, 2.75) is 72.4 Å². The van der Waals surface area contributed by atoms with E-state index in [4.69, 9.17) is 10.7 Å². The van der Waals surface area contributed by atoms with Gasteiger partial charge in [0.15, 0.2) is 0 Å². The standard InChI is InChI=1S/C18H29N3/c1-5-7-8-9-10-21-17-12-14(4)13(3)11-16(17)20-18(21)15(19)6-2/h11-12,15H,5-10,19H2,1-4H3. The first-order valence-corrected chi connectivity index (χ1v) is 8.31. The van der Waals surface area contributed by atoms with Crippen LogP contribution in [0.3, 0.4) is 0 Å². The van der Waals surface area contributed by atoms with Crippen molar-refractivity contribution in [2.75, 3.05) is 0 Å². The van der Waals surface area contributed by atoms with Gasteiger partial charge in [-0.25, -0.2) is 4.98 Å². The zero-order valence-corrected chi connectivity index (χ0v) is 13.9. The summed E-state index contributed by atoms with van der Waals surface area (Å²) in [7, 11) is 0. The Morgan fingerprint density at radius 2 is 1.81 bits per heavy atom. The largest absolute Gasteiger partial charge is 0.327 e. The maximum atomic E-state index is 6.28. The highest BCUT2D eigenvalue weighted by Gasteiger charge is 2.16. The van der Waals surface area contributed by atoms with Gasteiger partial charge in [-0.05, 0) is 49.9 Å². The molecule has 3 nitrogen and oxygen atoms in total. The van der Waals surface area contributed by atoms with Gasteiger partial charge in [0.1, 0.15) is 5.82 Å². The van der Waals surface area contributed by atoms with Crippen molar-refractivity contribution in [1.29, 1.82) is 0 Å². The number of benzene rings is 1. The smallest absolute Gasteiger partial charge is 0.126 e. The number of unbranched alkanes of at least 4 members (excludes halogenated alkanes) is 3. The molecular weight excluding hydrogens is 258 g/mol. The molecule has 2 aromatic rings. The molecule has 0 spiro atoms. The number of hydrogen-bond acceptors (Lipinski definition) is 2. The summed E-state index contributed by atoms with van der Waals surface area (Å²) in [5, 5.41) is 0. The van der Waals surface area contributed by atoms with Crippen LogP contribution in [0.15, 0.2) is 12.1 Å². The average Bonchev–Trinajstić information content (AvgIpc) is 2.81. The van der Waals surface area contributed by atoms with Gasteiger partial charge in [0.05, 0.1) is 17.1 Å². The predicted octanol–water partition coefficient (Wildman–Crippen LogP) is 4.64. The zero-order valence-electron chi connectivity index (χ0n) is 13.9. The Labute approximate surface area is 128 Å². The van der Waals surface area contributed by atoms with Crippen molar-refractivity contribution < 1.29 is 0 Å². The van der Waals surface area contributed by atoms with E-state index >= 15 is 0 Å². The van der Waals surface area contributed by atoms with E-state index in [0.717, 1.165) is 24.3 Å². The minimum atomic E-state index is 0.0317. The second kappa shape index (κ2) is 7.08. The van der Waals surface area contributed by atoms with Crippen LogP contribution in [-0.2, 0) is 6.54 Å². The molecule has 0 aliphatic carbocycles. The van der Waals surface area contributed by atoms with Crippen molar-refractivity contribution in [3.8, 4) is 0 Å². The summed E-state index contributed by atoms with van der Waals surface area (Å²) in [4.78, 5) is 4.82. The fourth-order valence-electron chi connectivity index (χ4n) is 2.80. The molecule has 116 valence electrons. The lowest BCUT2D eigenvalue weighted by atomic mass is 10.1. The van der Waals surface area contributed by atoms with Crippen LogP contribution in [0, 0.1) is 13.8 Å². The van der Waals surface area contributed by atoms with Crippen LogP contribution in [0.25, 0.3) is 11.0 Å². The summed E-state index contributed by atoms with van der Waals surface area (Å²) in [6, 6.07) is 4.49. The second-order valence-corrected chi connectivity index (χ2v) is 6.12. The van der Waals surface area contributed by atoms with Gasteiger partial charge in [0, 0.05) is 6.54 Å². The lowest BCUT2D eigenvalue weighted by Crippen LogP contribution is -2.16. The van der Waals surface area contributed by atoms with Crippen LogP contribution in [0.2, 0.25) is 0 Å². The number of aryl methyl sites for hydroxylation is 3. The van der Waals surface area contributed by atoms with Gasteiger partial charge in [0.2, 0.25) is 0 Å². The molecular formula is C18H29N3. The van der Waals surface area contributed by atoms with Gasteiger partial charge in [-0.2, -0.15) is 0 Å². The quantitative estimate of drug-likeness (QED) is 0.754. The molecule has 0 bridgehead atoms. The first kappa shape index (κ1) is 16.0. The Hall–Kier alpha value is -1.35. The highest BCUT2D eigenvalue weighted by atomic mass is 15.1. The monoisotopic (exact) mass is 287 g/mol. The first-order chi connectivity index (χ1) is 10.1. The van der Waals surface area contributed by atoms with Crippen LogP contribution >= 0.6 is 0 Å². The Morgan fingerprint density at radius 3 is 2.48 bits per heavy atom. The molecule has 1 atom stereocenters. The number of nitrogens with two attached hydrogens (primary N) is 1. The van der Waals surface area contributed by atoms with Gasteiger partial charge in [-0.3, -0.25) is 0 Å². The van der Waals surface area contributed by atoms with E-state index in [1.54, 1.807) is 0 Å². The Kier molecular flexibility index (Phi) is 5.40. The number of hydrogen-bond donors (Lipinski definition) is 1. The molecule has 0 saturated heterocycles.